The van der Waals surface area contributed by atoms with Gasteiger partial charge in [0.25, 0.3) is 5.91 Å². The summed E-state index contributed by atoms with van der Waals surface area (Å²) in [5, 5.41) is 2.77. The Kier molecular flexibility index (Phi) is 4.98. The molecule has 0 radical (unpaired) electrons. The van der Waals surface area contributed by atoms with Crippen molar-refractivity contribution in [2.75, 3.05) is 4.90 Å². The van der Waals surface area contributed by atoms with E-state index in [0.717, 1.165) is 28.1 Å². The van der Waals surface area contributed by atoms with Crippen molar-refractivity contribution >= 4 is 17.5 Å². The standard InChI is InChI=1S/C21H24N2O3/c1-13(2)26-17-8-6-16(7-9-17)12-23-19-10-5-14(3)11-18(19)20(21(23)25)22-15(4)24/h5-11,13,20H,12H2,1-4H3,(H,22,24)/t20-/m0/s1. The molecule has 2 aromatic rings. The molecule has 0 saturated carbocycles. The fourth-order valence-electron chi connectivity index (χ4n) is 3.19. The normalized spacial score (nSPS) is 16.0. The summed E-state index contributed by atoms with van der Waals surface area (Å²) in [6.45, 7) is 7.83. The second-order valence-electron chi connectivity index (χ2n) is 6.93. The highest BCUT2D eigenvalue weighted by atomic mass is 16.5. The van der Waals surface area contributed by atoms with Crippen molar-refractivity contribution in [1.29, 1.82) is 0 Å². The number of rotatable bonds is 5. The Morgan fingerprint density at radius 1 is 1.19 bits per heavy atom. The molecule has 0 fully saturated rings. The number of hydrogen-bond acceptors (Lipinski definition) is 3. The van der Waals surface area contributed by atoms with Crippen molar-refractivity contribution in [3.8, 4) is 5.75 Å². The monoisotopic (exact) mass is 352 g/mol. The van der Waals surface area contributed by atoms with Gasteiger partial charge in [0, 0.05) is 18.2 Å². The first-order chi connectivity index (χ1) is 12.3. The average Bonchev–Trinajstić information content (AvgIpc) is 2.81. The molecule has 0 saturated heterocycles. The Bertz CT molecular complexity index is 828. The molecule has 1 aliphatic rings. The number of ether oxygens (including phenoxy) is 1. The van der Waals surface area contributed by atoms with Crippen LogP contribution >= 0.6 is 0 Å². The van der Waals surface area contributed by atoms with Crippen LogP contribution in [0.25, 0.3) is 0 Å². The highest BCUT2D eigenvalue weighted by molar-refractivity contribution is 6.06. The minimum Gasteiger partial charge on any atom is -0.491 e. The van der Waals surface area contributed by atoms with E-state index < -0.39 is 6.04 Å². The van der Waals surface area contributed by atoms with Crippen LogP contribution in [0.2, 0.25) is 0 Å². The molecule has 136 valence electrons. The van der Waals surface area contributed by atoms with E-state index in [1.807, 2.05) is 63.2 Å². The molecule has 26 heavy (non-hydrogen) atoms. The summed E-state index contributed by atoms with van der Waals surface area (Å²) in [5.74, 6) is 0.486. The van der Waals surface area contributed by atoms with Crippen molar-refractivity contribution < 1.29 is 14.3 Å². The third kappa shape index (κ3) is 3.72. The van der Waals surface area contributed by atoms with Crippen LogP contribution < -0.4 is 15.0 Å². The van der Waals surface area contributed by atoms with Crippen LogP contribution in [0.4, 0.5) is 5.69 Å². The van der Waals surface area contributed by atoms with E-state index in [4.69, 9.17) is 4.74 Å². The van der Waals surface area contributed by atoms with Crippen molar-refractivity contribution in [1.82, 2.24) is 5.32 Å². The number of carbonyl (C=O) groups is 2. The Balaban J connectivity index is 1.86. The molecular weight excluding hydrogens is 328 g/mol. The summed E-state index contributed by atoms with van der Waals surface area (Å²) in [5.41, 5.74) is 3.76. The quantitative estimate of drug-likeness (QED) is 0.896. The van der Waals surface area contributed by atoms with Crippen LogP contribution in [0.1, 0.15) is 43.5 Å². The van der Waals surface area contributed by atoms with Crippen LogP contribution in [-0.2, 0) is 16.1 Å². The molecule has 0 bridgehead atoms. The highest BCUT2D eigenvalue weighted by Gasteiger charge is 2.37. The summed E-state index contributed by atoms with van der Waals surface area (Å²) < 4.78 is 5.66. The van der Waals surface area contributed by atoms with Gasteiger partial charge < -0.3 is 15.0 Å². The molecule has 0 aliphatic carbocycles. The maximum absolute atomic E-state index is 12.9. The number of fused-ring (bicyclic) bond motifs is 1. The van der Waals surface area contributed by atoms with E-state index in [2.05, 4.69) is 5.32 Å². The van der Waals surface area contributed by atoms with Gasteiger partial charge in [0.1, 0.15) is 11.8 Å². The molecule has 0 spiro atoms. The molecule has 0 unspecified atom stereocenters. The first-order valence-corrected chi connectivity index (χ1v) is 8.80. The van der Waals surface area contributed by atoms with Crippen molar-refractivity contribution in [3.63, 3.8) is 0 Å². The van der Waals surface area contributed by atoms with Crippen molar-refractivity contribution in [2.24, 2.45) is 0 Å². The molecule has 0 aromatic heterocycles. The zero-order valence-corrected chi connectivity index (χ0v) is 15.6. The zero-order valence-electron chi connectivity index (χ0n) is 15.6. The summed E-state index contributed by atoms with van der Waals surface area (Å²) >= 11 is 0. The lowest BCUT2D eigenvalue weighted by Gasteiger charge is -2.19. The van der Waals surface area contributed by atoms with Crippen LogP contribution in [0, 0.1) is 6.92 Å². The Hall–Kier alpha value is -2.82. The molecule has 3 rings (SSSR count). The maximum Gasteiger partial charge on any atom is 0.254 e. The lowest BCUT2D eigenvalue weighted by molar-refractivity contribution is -0.126. The fourth-order valence-corrected chi connectivity index (χ4v) is 3.19. The van der Waals surface area contributed by atoms with E-state index in [-0.39, 0.29) is 17.9 Å². The van der Waals surface area contributed by atoms with E-state index in [0.29, 0.717) is 6.54 Å². The van der Waals surface area contributed by atoms with E-state index in [1.165, 1.54) is 6.92 Å². The van der Waals surface area contributed by atoms with Gasteiger partial charge >= 0.3 is 0 Å². The zero-order chi connectivity index (χ0) is 18.8. The number of carbonyl (C=O) groups excluding carboxylic acids is 2. The lowest BCUT2D eigenvalue weighted by Crippen LogP contribution is -2.36. The second-order valence-corrected chi connectivity index (χ2v) is 6.93. The van der Waals surface area contributed by atoms with Crippen molar-refractivity contribution in [3.05, 3.63) is 59.2 Å². The molecule has 1 aliphatic heterocycles. The molecule has 1 N–H and O–H groups in total. The number of amides is 2. The number of hydrogen-bond donors (Lipinski definition) is 1. The Morgan fingerprint density at radius 2 is 1.88 bits per heavy atom. The van der Waals surface area contributed by atoms with Crippen molar-refractivity contribution in [2.45, 2.75) is 46.4 Å². The van der Waals surface area contributed by atoms with Gasteiger partial charge in [-0.2, -0.15) is 0 Å². The first-order valence-electron chi connectivity index (χ1n) is 8.80. The highest BCUT2D eigenvalue weighted by Crippen LogP contribution is 2.37. The van der Waals surface area contributed by atoms with Crippen LogP contribution in [0.5, 0.6) is 5.75 Å². The van der Waals surface area contributed by atoms with E-state index in [9.17, 15) is 9.59 Å². The molecule has 5 heteroatoms. The lowest BCUT2D eigenvalue weighted by atomic mass is 10.1. The summed E-state index contributed by atoms with van der Waals surface area (Å²) in [6.07, 6.45) is 0.120. The Labute approximate surface area is 154 Å². The second kappa shape index (κ2) is 7.20. The number of nitrogens with one attached hydrogen (secondary N) is 1. The predicted octanol–water partition coefficient (Wildman–Crippen LogP) is 3.51. The average molecular weight is 352 g/mol. The summed E-state index contributed by atoms with van der Waals surface area (Å²) in [7, 11) is 0. The maximum atomic E-state index is 12.9. The van der Waals surface area contributed by atoms with Gasteiger partial charge in [-0.3, -0.25) is 9.59 Å². The van der Waals surface area contributed by atoms with E-state index >= 15 is 0 Å². The molecular formula is C21H24N2O3. The molecule has 1 heterocycles. The molecule has 1 atom stereocenters. The molecule has 2 aromatic carbocycles. The van der Waals surface area contributed by atoms with E-state index in [1.54, 1.807) is 4.90 Å². The third-order valence-electron chi connectivity index (χ3n) is 4.28. The van der Waals surface area contributed by atoms with Gasteiger partial charge in [0.05, 0.1) is 12.6 Å². The van der Waals surface area contributed by atoms with Gasteiger partial charge in [0.15, 0.2) is 0 Å². The summed E-state index contributed by atoms with van der Waals surface area (Å²) in [6, 6.07) is 13.0. The number of benzene rings is 2. The topological polar surface area (TPSA) is 58.6 Å². The van der Waals surface area contributed by atoms with Crippen LogP contribution in [-0.4, -0.2) is 17.9 Å². The minimum absolute atomic E-state index is 0.108. The van der Waals surface area contributed by atoms with Gasteiger partial charge in [-0.1, -0.05) is 29.8 Å². The third-order valence-corrected chi connectivity index (χ3v) is 4.28. The number of aryl methyl sites for hydroxylation is 1. The van der Waals surface area contributed by atoms with Gasteiger partial charge in [0.2, 0.25) is 5.91 Å². The predicted molar refractivity (Wildman–Crippen MR) is 101 cm³/mol. The smallest absolute Gasteiger partial charge is 0.254 e. The van der Waals surface area contributed by atoms with Gasteiger partial charge in [-0.05, 0) is 44.5 Å². The fraction of sp³-hybridized carbons (Fsp3) is 0.333. The Morgan fingerprint density at radius 3 is 2.50 bits per heavy atom. The number of nitrogens with zero attached hydrogens (tertiary/aromatic N) is 1. The minimum atomic E-state index is -0.619. The summed E-state index contributed by atoms with van der Waals surface area (Å²) in [4.78, 5) is 26.2. The molecule has 5 nitrogen and oxygen atoms in total. The SMILES string of the molecule is CC(=O)N[C@@H]1C(=O)N(Cc2ccc(OC(C)C)cc2)c2ccc(C)cc21. The number of anilines is 1. The van der Waals surface area contributed by atoms with Gasteiger partial charge in [-0.15, -0.1) is 0 Å². The molecule has 2 amide bonds. The first kappa shape index (κ1) is 18.0. The van der Waals surface area contributed by atoms with Crippen LogP contribution in [0.15, 0.2) is 42.5 Å². The largest absolute Gasteiger partial charge is 0.491 e. The van der Waals surface area contributed by atoms with Gasteiger partial charge in [-0.25, -0.2) is 0 Å². The van der Waals surface area contributed by atoms with Crippen LogP contribution in [0.3, 0.4) is 0 Å².